The molecule has 206 valence electrons. The molecule has 4 aromatic rings. The van der Waals surface area contributed by atoms with Crippen molar-refractivity contribution in [2.75, 3.05) is 34.0 Å². The van der Waals surface area contributed by atoms with Gasteiger partial charge in [-0.15, -0.1) is 11.3 Å². The first-order valence-corrected chi connectivity index (χ1v) is 13.3. The molecule has 0 saturated carbocycles. The van der Waals surface area contributed by atoms with Crippen LogP contribution < -0.4 is 29.5 Å². The molecule has 0 radical (unpaired) electrons. The first-order chi connectivity index (χ1) is 19.5. The maximum Gasteiger partial charge on any atom is 0.252 e. The summed E-state index contributed by atoms with van der Waals surface area (Å²) in [6.07, 6.45) is 2.38. The molecule has 3 aromatic carbocycles. The van der Waals surface area contributed by atoms with E-state index in [2.05, 4.69) is 0 Å². The molecular formula is C29H28N4O6S. The molecule has 0 spiro atoms. The number of thiazole rings is 1. The van der Waals surface area contributed by atoms with Crippen molar-refractivity contribution in [3.8, 4) is 40.0 Å². The maximum atomic E-state index is 11.9. The summed E-state index contributed by atoms with van der Waals surface area (Å²) < 4.78 is 23.7. The van der Waals surface area contributed by atoms with E-state index in [1.807, 2.05) is 41.8 Å². The van der Waals surface area contributed by atoms with Gasteiger partial charge in [0.2, 0.25) is 4.80 Å². The van der Waals surface area contributed by atoms with Crippen LogP contribution in [-0.2, 0) is 6.42 Å². The number of aromatic hydroxyl groups is 1. The van der Waals surface area contributed by atoms with E-state index in [1.165, 1.54) is 17.4 Å². The molecule has 1 aliphatic heterocycles. The number of ether oxygens (including phenoxy) is 4. The summed E-state index contributed by atoms with van der Waals surface area (Å²) in [7, 11) is 3.21. The van der Waals surface area contributed by atoms with E-state index in [9.17, 15) is 9.90 Å². The SMILES string of the molecule is COc1ccc(CCN=c2scc(-c3ccc(O)c(C(N)=O)c3)n2/N=C/c2ccc3c(c2)OCCO3)cc1OC. The lowest BCUT2D eigenvalue weighted by Gasteiger charge is -2.18. The van der Waals surface area contributed by atoms with Gasteiger partial charge in [0, 0.05) is 17.5 Å². The predicted molar refractivity (Wildman–Crippen MR) is 152 cm³/mol. The molecule has 0 fully saturated rings. The van der Waals surface area contributed by atoms with E-state index in [4.69, 9.17) is 34.8 Å². The zero-order valence-corrected chi connectivity index (χ0v) is 22.8. The van der Waals surface area contributed by atoms with Crippen LogP contribution in [0.3, 0.4) is 0 Å². The van der Waals surface area contributed by atoms with E-state index in [1.54, 1.807) is 37.2 Å². The highest BCUT2D eigenvalue weighted by Gasteiger charge is 2.14. The zero-order chi connectivity index (χ0) is 28.1. The van der Waals surface area contributed by atoms with Gasteiger partial charge < -0.3 is 29.8 Å². The molecule has 0 bridgehead atoms. The van der Waals surface area contributed by atoms with Gasteiger partial charge in [-0.05, 0) is 66.1 Å². The molecule has 1 amide bonds. The number of benzene rings is 3. The Labute approximate surface area is 234 Å². The van der Waals surface area contributed by atoms with Crippen molar-refractivity contribution in [3.63, 3.8) is 0 Å². The highest BCUT2D eigenvalue weighted by Crippen LogP contribution is 2.31. The molecule has 0 saturated heterocycles. The van der Waals surface area contributed by atoms with Crippen molar-refractivity contribution < 1.29 is 28.8 Å². The molecule has 1 aromatic heterocycles. The molecule has 11 heteroatoms. The van der Waals surface area contributed by atoms with Crippen LogP contribution in [0.25, 0.3) is 11.3 Å². The number of primary amides is 1. The summed E-state index contributed by atoms with van der Waals surface area (Å²) in [5, 5.41) is 16.7. The number of amides is 1. The Bertz CT molecular complexity index is 1640. The van der Waals surface area contributed by atoms with Crippen LogP contribution in [0, 0.1) is 0 Å². The van der Waals surface area contributed by atoms with Gasteiger partial charge in [0.25, 0.3) is 5.91 Å². The summed E-state index contributed by atoms with van der Waals surface area (Å²) >= 11 is 1.41. The van der Waals surface area contributed by atoms with Gasteiger partial charge in [0.1, 0.15) is 19.0 Å². The summed E-state index contributed by atoms with van der Waals surface area (Å²) in [5.74, 6) is 1.78. The second-order valence-corrected chi connectivity index (χ2v) is 9.62. The summed E-state index contributed by atoms with van der Waals surface area (Å²) in [6.45, 7) is 1.50. The van der Waals surface area contributed by atoms with Gasteiger partial charge in [-0.3, -0.25) is 9.79 Å². The topological polar surface area (TPSA) is 130 Å². The van der Waals surface area contributed by atoms with Crippen molar-refractivity contribution in [3.05, 3.63) is 81.5 Å². The number of nitrogens with zero attached hydrogens (tertiary/aromatic N) is 3. The van der Waals surface area contributed by atoms with Crippen molar-refractivity contribution in [1.82, 2.24) is 4.68 Å². The minimum absolute atomic E-state index is 0.0259. The number of aromatic nitrogens is 1. The molecular weight excluding hydrogens is 532 g/mol. The predicted octanol–water partition coefficient (Wildman–Crippen LogP) is 3.84. The highest BCUT2D eigenvalue weighted by atomic mass is 32.1. The number of carbonyl (C=O) groups is 1. The molecule has 0 atom stereocenters. The maximum absolute atomic E-state index is 11.9. The average Bonchev–Trinajstić information content (AvgIpc) is 3.38. The standard InChI is InChI=1S/C29H28N4O6S/c1-36-24-7-3-18(13-26(24)37-2)9-10-31-29-33(32-16-19-4-8-25-27(14-19)39-12-11-38-25)22(17-40-29)20-5-6-23(34)21(15-20)28(30)35/h3-8,13-17,34H,9-12H2,1-2H3,(H2,30,35)/b31-29?,32-16+. The minimum atomic E-state index is -0.722. The lowest BCUT2D eigenvalue weighted by Crippen LogP contribution is -2.15. The Balaban J connectivity index is 1.49. The molecule has 40 heavy (non-hydrogen) atoms. The second-order valence-electron chi connectivity index (χ2n) is 8.78. The number of carbonyl (C=O) groups excluding carboxylic acids is 1. The minimum Gasteiger partial charge on any atom is -0.507 e. The van der Waals surface area contributed by atoms with Gasteiger partial charge >= 0.3 is 0 Å². The fourth-order valence-electron chi connectivity index (χ4n) is 4.19. The van der Waals surface area contributed by atoms with Crippen LogP contribution in [0.4, 0.5) is 0 Å². The van der Waals surface area contributed by atoms with Gasteiger partial charge in [-0.1, -0.05) is 6.07 Å². The van der Waals surface area contributed by atoms with Crippen LogP contribution in [-0.4, -0.2) is 55.9 Å². The van der Waals surface area contributed by atoms with Gasteiger partial charge in [-0.2, -0.15) is 5.10 Å². The summed E-state index contributed by atoms with van der Waals surface area (Å²) in [4.78, 5) is 17.3. The Morgan fingerprint density at radius 3 is 2.62 bits per heavy atom. The quantitative estimate of drug-likeness (QED) is 0.299. The van der Waals surface area contributed by atoms with Crippen LogP contribution in [0.1, 0.15) is 21.5 Å². The Hall–Kier alpha value is -4.77. The normalized spacial score (nSPS) is 13.0. The van der Waals surface area contributed by atoms with E-state index in [0.717, 1.165) is 11.1 Å². The largest absolute Gasteiger partial charge is 0.507 e. The van der Waals surface area contributed by atoms with Crippen LogP contribution in [0.15, 0.2) is 70.1 Å². The van der Waals surface area contributed by atoms with Crippen LogP contribution >= 0.6 is 11.3 Å². The third-order valence-corrected chi connectivity index (χ3v) is 7.08. The van der Waals surface area contributed by atoms with Crippen molar-refractivity contribution in [2.24, 2.45) is 15.8 Å². The first-order valence-electron chi connectivity index (χ1n) is 12.5. The number of phenols is 1. The molecule has 0 aliphatic carbocycles. The van der Waals surface area contributed by atoms with Gasteiger partial charge in [0.15, 0.2) is 23.0 Å². The van der Waals surface area contributed by atoms with E-state index >= 15 is 0 Å². The number of hydrogen-bond donors (Lipinski definition) is 2. The molecule has 0 unspecified atom stereocenters. The molecule has 2 heterocycles. The summed E-state index contributed by atoms with van der Waals surface area (Å²) in [6, 6.07) is 16.1. The highest BCUT2D eigenvalue weighted by molar-refractivity contribution is 7.07. The number of hydrogen-bond acceptors (Lipinski definition) is 9. The lowest BCUT2D eigenvalue weighted by molar-refractivity contribution is 0.0998. The summed E-state index contributed by atoms with van der Waals surface area (Å²) in [5.41, 5.74) is 8.70. The van der Waals surface area contributed by atoms with E-state index < -0.39 is 5.91 Å². The van der Waals surface area contributed by atoms with Crippen molar-refractivity contribution in [1.29, 1.82) is 0 Å². The van der Waals surface area contributed by atoms with E-state index in [-0.39, 0.29) is 11.3 Å². The van der Waals surface area contributed by atoms with Gasteiger partial charge in [-0.25, -0.2) is 4.68 Å². The number of rotatable bonds is 9. The smallest absolute Gasteiger partial charge is 0.252 e. The number of methoxy groups -OCH3 is 2. The van der Waals surface area contributed by atoms with Crippen LogP contribution in [0.5, 0.6) is 28.7 Å². The first kappa shape index (κ1) is 26.8. The van der Waals surface area contributed by atoms with Crippen LogP contribution in [0.2, 0.25) is 0 Å². The second kappa shape index (κ2) is 12.0. The number of fused-ring (bicyclic) bond motifs is 1. The fourth-order valence-corrected chi connectivity index (χ4v) is 5.06. The number of nitrogens with two attached hydrogens (primary N) is 1. The zero-order valence-electron chi connectivity index (χ0n) is 22.0. The van der Waals surface area contributed by atoms with Gasteiger partial charge in [0.05, 0.1) is 31.7 Å². The lowest BCUT2D eigenvalue weighted by atomic mass is 10.1. The molecule has 10 nitrogen and oxygen atoms in total. The Morgan fingerprint density at radius 2 is 1.85 bits per heavy atom. The Morgan fingerprint density at radius 1 is 1.05 bits per heavy atom. The third-order valence-electron chi connectivity index (χ3n) is 6.23. The monoisotopic (exact) mass is 560 g/mol. The van der Waals surface area contributed by atoms with Crippen molar-refractivity contribution in [2.45, 2.75) is 6.42 Å². The Kier molecular flexibility index (Phi) is 8.02. The fraction of sp³-hybridized carbons (Fsp3) is 0.207. The van der Waals surface area contributed by atoms with E-state index in [0.29, 0.717) is 65.2 Å². The molecule has 5 rings (SSSR count). The van der Waals surface area contributed by atoms with Crippen molar-refractivity contribution >= 4 is 23.5 Å². The molecule has 1 aliphatic rings. The average molecular weight is 561 g/mol. The molecule has 3 N–H and O–H groups in total. The third kappa shape index (κ3) is 5.79.